The van der Waals surface area contributed by atoms with Gasteiger partial charge in [-0.2, -0.15) is 0 Å². The number of carbonyl (C=O) groups excluding carboxylic acids is 1. The van der Waals surface area contributed by atoms with Crippen molar-refractivity contribution < 1.29 is 4.79 Å². The lowest BCUT2D eigenvalue weighted by atomic mass is 10.2. The van der Waals surface area contributed by atoms with E-state index in [1.807, 2.05) is 13.0 Å². The van der Waals surface area contributed by atoms with Crippen LogP contribution in [0.5, 0.6) is 0 Å². The Morgan fingerprint density at radius 2 is 2.06 bits per heavy atom. The third-order valence-electron chi connectivity index (χ3n) is 2.79. The predicted molar refractivity (Wildman–Crippen MR) is 69.5 cm³/mol. The van der Waals surface area contributed by atoms with Crippen LogP contribution in [0.1, 0.15) is 19.8 Å². The fourth-order valence-electron chi connectivity index (χ4n) is 1.53. The van der Waals surface area contributed by atoms with E-state index in [2.05, 4.69) is 10.6 Å². The van der Waals surface area contributed by atoms with Crippen molar-refractivity contribution in [3.8, 4) is 0 Å². The zero-order valence-electron chi connectivity index (χ0n) is 9.86. The maximum Gasteiger partial charge on any atom is 0.242 e. The molecule has 17 heavy (non-hydrogen) atoms. The van der Waals surface area contributed by atoms with Crippen molar-refractivity contribution in [2.45, 2.75) is 31.8 Å². The van der Waals surface area contributed by atoms with Crippen LogP contribution in [0.4, 0.5) is 17.1 Å². The number of nitrogen functional groups attached to an aromatic ring is 2. The minimum Gasteiger partial charge on any atom is -0.397 e. The fourth-order valence-corrected chi connectivity index (χ4v) is 1.53. The van der Waals surface area contributed by atoms with E-state index in [4.69, 9.17) is 11.5 Å². The van der Waals surface area contributed by atoms with Gasteiger partial charge < -0.3 is 22.1 Å². The average Bonchev–Trinajstić information content (AvgIpc) is 3.07. The molecule has 0 aromatic heterocycles. The summed E-state index contributed by atoms with van der Waals surface area (Å²) in [5.41, 5.74) is 13.2. The number of hydrogen-bond acceptors (Lipinski definition) is 4. The van der Waals surface area contributed by atoms with Crippen molar-refractivity contribution in [1.82, 2.24) is 5.32 Å². The molecule has 1 saturated carbocycles. The van der Waals surface area contributed by atoms with E-state index in [9.17, 15) is 4.79 Å². The highest BCUT2D eigenvalue weighted by Crippen LogP contribution is 2.21. The standard InChI is InChI=1S/C12H18N4O/c1-7(12(17)16-8-2-3-8)15-9-4-5-10(13)11(14)6-9/h4-8,15H,2-3,13-14H2,1H3,(H,16,17). The molecule has 5 nitrogen and oxygen atoms in total. The summed E-state index contributed by atoms with van der Waals surface area (Å²) >= 11 is 0. The van der Waals surface area contributed by atoms with E-state index < -0.39 is 0 Å². The summed E-state index contributed by atoms with van der Waals surface area (Å²) in [6, 6.07) is 5.37. The summed E-state index contributed by atoms with van der Waals surface area (Å²) in [7, 11) is 0. The van der Waals surface area contributed by atoms with Gasteiger partial charge in [0.15, 0.2) is 0 Å². The summed E-state index contributed by atoms with van der Waals surface area (Å²) in [6.07, 6.45) is 2.18. The quantitative estimate of drug-likeness (QED) is 0.583. The molecule has 0 radical (unpaired) electrons. The highest BCUT2D eigenvalue weighted by molar-refractivity contribution is 5.85. The summed E-state index contributed by atoms with van der Waals surface area (Å²) in [5.74, 6) is 0.0166. The van der Waals surface area contributed by atoms with Crippen LogP contribution in [0.15, 0.2) is 18.2 Å². The van der Waals surface area contributed by atoms with Gasteiger partial charge in [-0.15, -0.1) is 0 Å². The van der Waals surface area contributed by atoms with Crippen LogP contribution in [0.3, 0.4) is 0 Å². The minimum atomic E-state index is -0.279. The lowest BCUT2D eigenvalue weighted by Gasteiger charge is -2.15. The molecular formula is C12H18N4O. The Balaban J connectivity index is 1.94. The van der Waals surface area contributed by atoms with Crippen LogP contribution in [-0.4, -0.2) is 18.0 Å². The molecule has 0 saturated heterocycles. The molecule has 1 aliphatic carbocycles. The maximum absolute atomic E-state index is 11.7. The number of rotatable bonds is 4. The number of nitrogens with one attached hydrogen (secondary N) is 2. The Morgan fingerprint density at radius 1 is 1.35 bits per heavy atom. The van der Waals surface area contributed by atoms with E-state index in [0.29, 0.717) is 17.4 Å². The third kappa shape index (κ3) is 3.03. The molecule has 0 spiro atoms. The first-order chi connectivity index (χ1) is 8.06. The Morgan fingerprint density at radius 3 is 2.65 bits per heavy atom. The zero-order chi connectivity index (χ0) is 12.4. The number of anilines is 3. The molecule has 1 unspecified atom stereocenters. The van der Waals surface area contributed by atoms with Gasteiger partial charge in [-0.1, -0.05) is 0 Å². The maximum atomic E-state index is 11.7. The van der Waals surface area contributed by atoms with Crippen LogP contribution in [0.2, 0.25) is 0 Å². The highest BCUT2D eigenvalue weighted by Gasteiger charge is 2.25. The summed E-state index contributed by atoms with van der Waals surface area (Å²) in [6.45, 7) is 1.82. The first kappa shape index (κ1) is 11.6. The average molecular weight is 234 g/mol. The highest BCUT2D eigenvalue weighted by atomic mass is 16.2. The van der Waals surface area contributed by atoms with E-state index >= 15 is 0 Å². The van der Waals surface area contributed by atoms with Crippen molar-refractivity contribution in [3.63, 3.8) is 0 Å². The van der Waals surface area contributed by atoms with Gasteiger partial charge in [0.1, 0.15) is 6.04 Å². The van der Waals surface area contributed by atoms with E-state index in [-0.39, 0.29) is 11.9 Å². The van der Waals surface area contributed by atoms with Gasteiger partial charge in [-0.05, 0) is 38.0 Å². The molecule has 0 aliphatic heterocycles. The predicted octanol–water partition coefficient (Wildman–Crippen LogP) is 0.930. The monoisotopic (exact) mass is 234 g/mol. The number of nitrogens with two attached hydrogens (primary N) is 2. The van der Waals surface area contributed by atoms with Crippen LogP contribution < -0.4 is 22.1 Å². The SMILES string of the molecule is CC(Nc1ccc(N)c(N)c1)C(=O)NC1CC1. The lowest BCUT2D eigenvalue weighted by Crippen LogP contribution is -2.38. The zero-order valence-corrected chi connectivity index (χ0v) is 9.86. The molecule has 5 heteroatoms. The molecular weight excluding hydrogens is 216 g/mol. The largest absolute Gasteiger partial charge is 0.397 e. The van der Waals surface area contributed by atoms with Crippen LogP contribution >= 0.6 is 0 Å². The van der Waals surface area contributed by atoms with Crippen molar-refractivity contribution in [1.29, 1.82) is 0 Å². The van der Waals surface area contributed by atoms with Crippen LogP contribution in [-0.2, 0) is 4.79 Å². The molecule has 6 N–H and O–H groups in total. The molecule has 1 aromatic rings. The van der Waals surface area contributed by atoms with Crippen LogP contribution in [0.25, 0.3) is 0 Å². The van der Waals surface area contributed by atoms with E-state index in [1.54, 1.807) is 12.1 Å². The van der Waals surface area contributed by atoms with Gasteiger partial charge in [0.2, 0.25) is 5.91 Å². The Kier molecular flexibility index (Phi) is 3.08. The van der Waals surface area contributed by atoms with Gasteiger partial charge in [-0.25, -0.2) is 0 Å². The number of hydrogen-bond donors (Lipinski definition) is 4. The molecule has 1 fully saturated rings. The Labute approximate surface area is 101 Å². The molecule has 1 amide bonds. The van der Waals surface area contributed by atoms with Crippen molar-refractivity contribution >= 4 is 23.0 Å². The smallest absolute Gasteiger partial charge is 0.242 e. The normalized spacial score (nSPS) is 16.3. The second kappa shape index (κ2) is 4.53. The second-order valence-corrected chi connectivity index (χ2v) is 4.49. The molecule has 1 aromatic carbocycles. The lowest BCUT2D eigenvalue weighted by molar-refractivity contribution is -0.121. The second-order valence-electron chi connectivity index (χ2n) is 4.49. The van der Waals surface area contributed by atoms with Crippen molar-refractivity contribution in [3.05, 3.63) is 18.2 Å². The van der Waals surface area contributed by atoms with E-state index in [1.165, 1.54) is 0 Å². The molecule has 1 atom stereocenters. The molecule has 0 bridgehead atoms. The fraction of sp³-hybridized carbons (Fsp3) is 0.417. The Bertz CT molecular complexity index is 429. The van der Waals surface area contributed by atoms with Gasteiger partial charge in [0.25, 0.3) is 0 Å². The number of amides is 1. The number of benzene rings is 1. The van der Waals surface area contributed by atoms with E-state index in [0.717, 1.165) is 18.5 Å². The summed E-state index contributed by atoms with van der Waals surface area (Å²) < 4.78 is 0. The summed E-state index contributed by atoms with van der Waals surface area (Å²) in [4.78, 5) is 11.7. The first-order valence-electron chi connectivity index (χ1n) is 5.78. The van der Waals surface area contributed by atoms with Gasteiger partial charge in [0.05, 0.1) is 11.4 Å². The third-order valence-corrected chi connectivity index (χ3v) is 2.79. The van der Waals surface area contributed by atoms with Crippen LogP contribution in [0, 0.1) is 0 Å². The topological polar surface area (TPSA) is 93.2 Å². The number of carbonyl (C=O) groups is 1. The van der Waals surface area contributed by atoms with Crippen molar-refractivity contribution in [2.24, 2.45) is 0 Å². The molecule has 0 heterocycles. The Hall–Kier alpha value is -1.91. The van der Waals surface area contributed by atoms with Crippen molar-refractivity contribution in [2.75, 3.05) is 16.8 Å². The molecule has 1 aliphatic rings. The molecule has 92 valence electrons. The van der Waals surface area contributed by atoms with Gasteiger partial charge in [-0.3, -0.25) is 4.79 Å². The molecule has 2 rings (SSSR count). The van der Waals surface area contributed by atoms with Gasteiger partial charge in [0, 0.05) is 11.7 Å². The first-order valence-corrected chi connectivity index (χ1v) is 5.78. The minimum absolute atomic E-state index is 0.0166. The van der Waals surface area contributed by atoms with Gasteiger partial charge >= 0.3 is 0 Å². The summed E-state index contributed by atoms with van der Waals surface area (Å²) in [5, 5.41) is 6.04.